The van der Waals surface area contributed by atoms with Crippen molar-refractivity contribution in [2.75, 3.05) is 0 Å². The van der Waals surface area contributed by atoms with Gasteiger partial charge < -0.3 is 43.8 Å². The van der Waals surface area contributed by atoms with Crippen LogP contribution in [0.3, 0.4) is 0 Å². The molecule has 0 rings (SSSR count). The summed E-state index contributed by atoms with van der Waals surface area (Å²) in [7, 11) is 0. The summed E-state index contributed by atoms with van der Waals surface area (Å²) in [5.74, 6) is 0. The van der Waals surface area contributed by atoms with E-state index in [1.54, 1.807) is 0 Å². The Morgan fingerprint density at radius 2 is 0.286 bits per heavy atom. The van der Waals surface area contributed by atoms with Gasteiger partial charge in [0.2, 0.25) is 0 Å². The van der Waals surface area contributed by atoms with E-state index in [0.29, 0.717) is 0 Å². The van der Waals surface area contributed by atoms with E-state index in [1.165, 1.54) is 0 Å². The molecule has 8 nitrogen and oxygen atoms in total. The molecule has 0 aliphatic rings. The summed E-state index contributed by atoms with van der Waals surface area (Å²) in [6, 6.07) is 0. The van der Waals surface area contributed by atoms with Crippen molar-refractivity contribution in [3.8, 4) is 0 Å². The van der Waals surface area contributed by atoms with Crippen LogP contribution in [0.4, 0.5) is 0 Å². The Morgan fingerprint density at radius 1 is 0.286 bits per heavy atom. The van der Waals surface area contributed by atoms with Gasteiger partial charge in [-0.25, -0.2) is 0 Å². The van der Waals surface area contributed by atoms with Gasteiger partial charge in [-0.2, -0.15) is 0 Å². The van der Waals surface area contributed by atoms with Gasteiger partial charge in [0.1, 0.15) is 0 Å². The molecule has 0 aromatic carbocycles. The molecule has 0 aromatic heterocycles. The molecule has 0 aromatic rings. The van der Waals surface area contributed by atoms with Gasteiger partial charge in [-0.05, 0) is 0 Å². The summed E-state index contributed by atoms with van der Waals surface area (Å²) in [6.07, 6.45) is 0. The Balaban J connectivity index is 0. The standard InChI is InChI=1S/Li.2Mo.8O.3Tl/q+1;2*+3;8*-2;3*+3. The molecule has 0 atom stereocenters. The predicted octanol–water partition coefficient (Wildman–Crippen LogP) is -5.09. The molecule has 0 spiro atoms. The van der Waals surface area contributed by atoms with Crippen LogP contribution in [0, 0.1) is 0 Å². The molecule has 0 unspecified atom stereocenters. The molecule has 14 heavy (non-hydrogen) atoms. The molecule has 0 aliphatic heterocycles. The average molecular weight is 940 g/mol. The van der Waals surface area contributed by atoms with Crippen LogP contribution >= 0.6 is 0 Å². The first-order valence-electron chi connectivity index (χ1n) is 0. The van der Waals surface area contributed by atoms with Gasteiger partial charge in [0.05, 0.1) is 0 Å². The third-order valence-electron chi connectivity index (χ3n) is 0. The molecular weight excluding hydrogens is 940 g/mol. The van der Waals surface area contributed by atoms with Gasteiger partial charge in [0, 0.05) is 0 Å². The second-order valence-electron chi connectivity index (χ2n) is 0. The zero-order valence-corrected chi connectivity index (χ0v) is 24.3. The Morgan fingerprint density at radius 3 is 0.286 bits per heavy atom. The minimum Gasteiger partial charge on any atom is -2.00 e. The molecule has 14 heteroatoms. The summed E-state index contributed by atoms with van der Waals surface area (Å²) in [4.78, 5) is 0. The van der Waals surface area contributed by atoms with E-state index in [-0.39, 0.29) is 187 Å². The smallest absolute Gasteiger partial charge is 2.00 e. The van der Waals surface area contributed by atoms with Crippen molar-refractivity contribution in [1.82, 2.24) is 0 Å². The normalized spacial score (nSPS) is 0. The summed E-state index contributed by atoms with van der Waals surface area (Å²) < 4.78 is 0. The molecule has 0 saturated carbocycles. The van der Waals surface area contributed by atoms with E-state index in [1.807, 2.05) is 0 Å². The van der Waals surface area contributed by atoms with E-state index in [4.69, 9.17) is 0 Å². The molecule has 0 aliphatic carbocycles. The number of hydrogen-bond donors (Lipinski definition) is 0. The minimum atomic E-state index is 0. The molecule has 70 valence electrons. The maximum absolute atomic E-state index is 0. The first-order valence-corrected chi connectivity index (χ1v) is 0. The fourth-order valence-corrected chi connectivity index (χ4v) is 0. The van der Waals surface area contributed by atoms with Crippen molar-refractivity contribution >= 4 is 81.9 Å². The van der Waals surface area contributed by atoms with Crippen LogP contribution in [-0.4, -0.2) is 81.9 Å². The summed E-state index contributed by atoms with van der Waals surface area (Å²) >= 11 is 0. The second kappa shape index (κ2) is 240. The maximum atomic E-state index is 0. The van der Waals surface area contributed by atoms with Gasteiger partial charge >= 0.3 is 143 Å². The first kappa shape index (κ1) is 286. The molecule has 0 heterocycles. The van der Waals surface area contributed by atoms with Crippen molar-refractivity contribution in [1.29, 1.82) is 0 Å². The molecule has 0 saturated heterocycles. The van der Waals surface area contributed by atoms with E-state index >= 15 is 0 Å². The molecular formula is LiMo2O8Tl3. The quantitative estimate of drug-likeness (QED) is 0.208. The van der Waals surface area contributed by atoms with Crippen LogP contribution in [-0.2, 0) is 85.9 Å². The predicted molar refractivity (Wildman–Crippen MR) is 22.8 cm³/mol. The van der Waals surface area contributed by atoms with E-state index in [9.17, 15) is 0 Å². The van der Waals surface area contributed by atoms with Gasteiger partial charge in [-0.3, -0.25) is 0 Å². The topological polar surface area (TPSA) is 228 Å². The van der Waals surface area contributed by atoms with Crippen LogP contribution < -0.4 is 18.9 Å². The fourth-order valence-electron chi connectivity index (χ4n) is 0. The number of hydrogen-bond acceptors (Lipinski definition) is 0. The molecule has 0 fully saturated rings. The molecule has 0 bridgehead atoms. The zero-order chi connectivity index (χ0) is 0. The molecule has 0 amide bonds. The monoisotopic (exact) mass is 946 g/mol. The molecule has 2 radical (unpaired) electrons. The summed E-state index contributed by atoms with van der Waals surface area (Å²) in [5.41, 5.74) is 0. The van der Waals surface area contributed by atoms with Crippen molar-refractivity contribution < 1.29 is 105 Å². The Bertz CT molecular complexity index is 22.5. The van der Waals surface area contributed by atoms with Gasteiger partial charge in [0.25, 0.3) is 0 Å². The molecule has 0 N–H and O–H groups in total. The van der Waals surface area contributed by atoms with Crippen molar-refractivity contribution in [2.24, 2.45) is 0 Å². The third-order valence-corrected chi connectivity index (χ3v) is 0. The van der Waals surface area contributed by atoms with E-state index in [0.717, 1.165) is 0 Å². The summed E-state index contributed by atoms with van der Waals surface area (Å²) in [5, 5.41) is 0. The largest absolute Gasteiger partial charge is 3.00 e. The summed E-state index contributed by atoms with van der Waals surface area (Å²) in [6.45, 7) is 0. The van der Waals surface area contributed by atoms with Crippen LogP contribution in [0.5, 0.6) is 0 Å². The van der Waals surface area contributed by atoms with Crippen LogP contribution in [0.2, 0.25) is 0 Å². The van der Waals surface area contributed by atoms with Crippen molar-refractivity contribution in [3.63, 3.8) is 0 Å². The number of rotatable bonds is 0. The Labute approximate surface area is 183 Å². The van der Waals surface area contributed by atoms with E-state index in [2.05, 4.69) is 0 Å². The van der Waals surface area contributed by atoms with E-state index < -0.39 is 0 Å². The zero-order valence-electron chi connectivity index (χ0n) is 6.81. The second-order valence-corrected chi connectivity index (χ2v) is 0. The Kier molecular flexibility index (Phi) is 4910. The first-order chi connectivity index (χ1) is 0. The Hall–Kier alpha value is 4.42. The van der Waals surface area contributed by atoms with Crippen LogP contribution in [0.15, 0.2) is 0 Å². The van der Waals surface area contributed by atoms with Gasteiger partial charge in [-0.15, -0.1) is 0 Å². The minimum absolute atomic E-state index is 0. The van der Waals surface area contributed by atoms with Crippen molar-refractivity contribution in [3.05, 3.63) is 0 Å². The third kappa shape index (κ3) is 200. The van der Waals surface area contributed by atoms with Crippen LogP contribution in [0.1, 0.15) is 0 Å². The van der Waals surface area contributed by atoms with Gasteiger partial charge in [-0.1, -0.05) is 0 Å². The average Bonchev–Trinajstić information content (AvgIpc) is 0. The fraction of sp³-hybridized carbons (Fsp3) is 0. The van der Waals surface area contributed by atoms with Crippen LogP contribution in [0.25, 0.3) is 0 Å². The SMILES string of the molecule is [Li+].[Mo+3].[Mo+3].[O-2].[O-2].[O-2].[O-2].[O-2].[O-2].[O-2].[O-2].[Tl+3].[Tl+3].[Tl+3]. The van der Waals surface area contributed by atoms with Crippen molar-refractivity contribution in [2.45, 2.75) is 0 Å². The maximum Gasteiger partial charge on any atom is 3.00 e. The van der Waals surface area contributed by atoms with Gasteiger partial charge in [0.15, 0.2) is 0 Å².